The lowest BCUT2D eigenvalue weighted by Gasteiger charge is -2.31. The molecule has 0 fully saturated rings. The zero-order valence-corrected chi connectivity index (χ0v) is 41.6. The van der Waals surface area contributed by atoms with E-state index in [1.54, 1.807) is 27.7 Å². The van der Waals surface area contributed by atoms with Gasteiger partial charge in [-0.1, -0.05) is 60.1 Å². The monoisotopic (exact) mass is 1040 g/mol. The normalized spacial score (nSPS) is 15.7. The molecule has 73 heavy (non-hydrogen) atoms. The standard InChI is InChI=1S/C45H71N11O17/c1-8-21(6)35(55-39(66)26(16-31(47)61)50-41(68)33(48)19(2)3)43(70)54-34(20(4)5)42(69)56-36(22(7)58)44(71)51-27(17-32(62)63)38(65)53-29(18-57)40(67)49-25(13-14-30(46)60)37(64)52-28(45(72)73)15-23-9-11-24(59)12-10-23/h9-12,19-22,25-29,33-36,57-59H,8,13-18,48H2,1-7H3,(H2,46,60)(H2,47,61)(H,49,67)(H,50,68)(H,51,71)(H,52,64)(H,53,65)(H,54,70)(H,55,66)(H,56,69)(H,62,63)(H,72,73)/t21-,22+,25-,26-,27-,28-,29-,33-,34-,35-,36-/m0/s1. The number of carbonyl (C=O) groups excluding carboxylic acids is 10. The summed E-state index contributed by atoms with van der Waals surface area (Å²) < 4.78 is 0. The number of primary amides is 2. The molecule has 0 aliphatic heterocycles. The fraction of sp³-hybridized carbons (Fsp3) is 0.600. The summed E-state index contributed by atoms with van der Waals surface area (Å²) in [5, 5.41) is 67.8. The molecular weight excluding hydrogens is 967 g/mol. The van der Waals surface area contributed by atoms with Crippen molar-refractivity contribution in [3.8, 4) is 5.75 Å². The lowest BCUT2D eigenvalue weighted by atomic mass is 9.95. The Balaban J connectivity index is 3.33. The van der Waals surface area contributed by atoms with E-state index < -0.39 is 176 Å². The number of hydrogen-bond acceptors (Lipinski definition) is 16. The van der Waals surface area contributed by atoms with Crippen LogP contribution in [0.5, 0.6) is 5.75 Å². The van der Waals surface area contributed by atoms with Crippen molar-refractivity contribution in [2.45, 2.75) is 147 Å². The molecule has 1 rings (SSSR count). The van der Waals surface area contributed by atoms with Gasteiger partial charge in [0.25, 0.3) is 0 Å². The lowest BCUT2D eigenvalue weighted by molar-refractivity contribution is -0.142. The number of carbonyl (C=O) groups is 12. The molecule has 0 saturated heterocycles. The van der Waals surface area contributed by atoms with Gasteiger partial charge in [0.15, 0.2) is 0 Å². The molecule has 0 aliphatic rings. The summed E-state index contributed by atoms with van der Waals surface area (Å²) in [6.45, 7) is 9.40. The summed E-state index contributed by atoms with van der Waals surface area (Å²) in [5.41, 5.74) is 16.8. The van der Waals surface area contributed by atoms with Crippen LogP contribution in [-0.2, 0) is 64.0 Å². The number of amides is 10. The highest BCUT2D eigenvalue weighted by molar-refractivity contribution is 5.99. The smallest absolute Gasteiger partial charge is 0.326 e. The molecule has 11 atom stereocenters. The van der Waals surface area contributed by atoms with Crippen molar-refractivity contribution in [2.24, 2.45) is 35.0 Å². The molecule has 10 amide bonds. The maximum Gasteiger partial charge on any atom is 0.326 e. The molecule has 28 heteroatoms. The summed E-state index contributed by atoms with van der Waals surface area (Å²) in [6, 6.07) is -9.49. The van der Waals surface area contributed by atoms with Crippen molar-refractivity contribution in [3.05, 3.63) is 29.8 Å². The number of benzene rings is 1. The predicted octanol–water partition coefficient (Wildman–Crippen LogP) is -5.43. The number of nitrogens with two attached hydrogens (primary N) is 3. The van der Waals surface area contributed by atoms with Crippen LogP contribution in [0.15, 0.2) is 24.3 Å². The highest BCUT2D eigenvalue weighted by Gasteiger charge is 2.38. The van der Waals surface area contributed by atoms with Gasteiger partial charge in [-0.05, 0) is 48.8 Å². The average Bonchev–Trinajstić information content (AvgIpc) is 3.30. The third-order valence-electron chi connectivity index (χ3n) is 11.3. The summed E-state index contributed by atoms with van der Waals surface area (Å²) in [6.07, 6.45) is -4.63. The van der Waals surface area contributed by atoms with E-state index >= 15 is 0 Å². The largest absolute Gasteiger partial charge is 0.508 e. The van der Waals surface area contributed by atoms with Crippen molar-refractivity contribution in [3.63, 3.8) is 0 Å². The molecule has 0 radical (unpaired) electrons. The van der Waals surface area contributed by atoms with E-state index in [1.807, 2.05) is 5.32 Å². The number of rotatable bonds is 32. The van der Waals surface area contributed by atoms with Gasteiger partial charge in [0, 0.05) is 12.8 Å². The van der Waals surface area contributed by atoms with Crippen molar-refractivity contribution in [1.82, 2.24) is 42.5 Å². The second-order valence-electron chi connectivity index (χ2n) is 18.1. The van der Waals surface area contributed by atoms with Crippen LogP contribution in [0, 0.1) is 17.8 Å². The Bertz CT molecular complexity index is 2140. The maximum absolute atomic E-state index is 13.8. The van der Waals surface area contributed by atoms with Gasteiger partial charge in [0.1, 0.15) is 54.1 Å². The van der Waals surface area contributed by atoms with Gasteiger partial charge in [-0.25, -0.2) is 4.79 Å². The summed E-state index contributed by atoms with van der Waals surface area (Å²) in [4.78, 5) is 155. The van der Waals surface area contributed by atoms with Gasteiger partial charge in [-0.3, -0.25) is 52.7 Å². The first kappa shape index (κ1) is 63.6. The Morgan fingerprint density at radius 3 is 1.45 bits per heavy atom. The van der Waals surface area contributed by atoms with E-state index in [4.69, 9.17) is 17.2 Å². The lowest BCUT2D eigenvalue weighted by Crippen LogP contribution is -2.63. The molecule has 0 spiro atoms. The molecule has 28 nitrogen and oxygen atoms in total. The van der Waals surface area contributed by atoms with Crippen molar-refractivity contribution in [2.75, 3.05) is 6.61 Å². The Labute approximate surface area is 420 Å². The first-order chi connectivity index (χ1) is 33.9. The average molecular weight is 1040 g/mol. The van der Waals surface area contributed by atoms with Crippen LogP contribution < -0.4 is 59.7 Å². The SMILES string of the molecule is CC[C@H](C)[C@H](NC(=O)[C@H](CC(N)=O)NC(=O)[C@@H](N)C(C)C)C(=O)N[C@H](C(=O)N[C@H](C(=O)N[C@@H](CC(=O)O)C(=O)N[C@@H](CO)C(=O)N[C@@H](CCC(N)=O)C(=O)N[C@@H](Cc1ccc(O)cc1)C(=O)O)[C@@H](C)O)C(C)C. The maximum atomic E-state index is 13.8. The third-order valence-corrected chi connectivity index (χ3v) is 11.3. The topological polar surface area (TPSA) is 480 Å². The first-order valence-corrected chi connectivity index (χ1v) is 23.2. The molecule has 0 heterocycles. The molecule has 0 bridgehead atoms. The number of nitrogens with one attached hydrogen (secondary N) is 8. The number of aromatic hydroxyl groups is 1. The van der Waals surface area contributed by atoms with Crippen LogP contribution in [0.4, 0.5) is 0 Å². The second-order valence-corrected chi connectivity index (χ2v) is 18.1. The molecular formula is C45H71N11O17. The van der Waals surface area contributed by atoms with E-state index in [1.165, 1.54) is 38.1 Å². The molecule has 0 aromatic heterocycles. The van der Waals surface area contributed by atoms with Crippen LogP contribution in [0.25, 0.3) is 0 Å². The minimum atomic E-state index is -2.08. The summed E-state index contributed by atoms with van der Waals surface area (Å²) >= 11 is 0. The van der Waals surface area contributed by atoms with Gasteiger partial charge in [0.05, 0.1) is 31.6 Å². The van der Waals surface area contributed by atoms with E-state index in [0.29, 0.717) is 5.56 Å². The Kier molecular flexibility index (Phi) is 26.5. The van der Waals surface area contributed by atoms with Crippen molar-refractivity contribution >= 4 is 71.0 Å². The third kappa shape index (κ3) is 21.8. The molecule has 0 aliphatic carbocycles. The van der Waals surface area contributed by atoms with E-state index in [9.17, 15) is 83.1 Å². The fourth-order valence-electron chi connectivity index (χ4n) is 6.64. The number of aliphatic carboxylic acids is 2. The first-order valence-electron chi connectivity index (χ1n) is 23.2. The quantitative estimate of drug-likeness (QED) is 0.0320. The highest BCUT2D eigenvalue weighted by Crippen LogP contribution is 2.14. The molecule has 408 valence electrons. The van der Waals surface area contributed by atoms with Gasteiger partial charge < -0.3 is 85.3 Å². The number of hydrogen-bond donors (Lipinski definition) is 16. The number of phenolic OH excluding ortho intramolecular Hbond substituents is 1. The summed E-state index contributed by atoms with van der Waals surface area (Å²) in [7, 11) is 0. The van der Waals surface area contributed by atoms with Crippen molar-refractivity contribution in [1.29, 1.82) is 0 Å². The van der Waals surface area contributed by atoms with Gasteiger partial charge in [-0.2, -0.15) is 0 Å². The predicted molar refractivity (Wildman–Crippen MR) is 255 cm³/mol. The Hall–Kier alpha value is -7.46. The van der Waals surface area contributed by atoms with Crippen LogP contribution in [0.3, 0.4) is 0 Å². The Morgan fingerprint density at radius 2 is 0.973 bits per heavy atom. The molecule has 0 saturated carbocycles. The zero-order valence-electron chi connectivity index (χ0n) is 41.6. The Morgan fingerprint density at radius 1 is 0.534 bits per heavy atom. The van der Waals surface area contributed by atoms with E-state index in [2.05, 4.69) is 37.2 Å². The number of aliphatic hydroxyl groups excluding tert-OH is 2. The zero-order chi connectivity index (χ0) is 56.0. The van der Waals surface area contributed by atoms with Crippen LogP contribution >= 0.6 is 0 Å². The van der Waals surface area contributed by atoms with Crippen molar-refractivity contribution < 1.29 is 83.1 Å². The molecule has 1 aromatic carbocycles. The van der Waals surface area contributed by atoms with E-state index in [0.717, 1.165) is 6.92 Å². The minimum Gasteiger partial charge on any atom is -0.508 e. The van der Waals surface area contributed by atoms with Gasteiger partial charge in [0.2, 0.25) is 59.1 Å². The highest BCUT2D eigenvalue weighted by atomic mass is 16.4. The van der Waals surface area contributed by atoms with E-state index in [-0.39, 0.29) is 24.5 Å². The number of carboxylic acids is 2. The second kappa shape index (κ2) is 30.4. The van der Waals surface area contributed by atoms with Crippen LogP contribution in [0.2, 0.25) is 0 Å². The molecule has 19 N–H and O–H groups in total. The minimum absolute atomic E-state index is 0.114. The summed E-state index contributed by atoms with van der Waals surface area (Å²) in [5.74, 6) is -15.9. The fourth-order valence-corrected chi connectivity index (χ4v) is 6.64. The number of phenols is 1. The molecule has 0 unspecified atom stereocenters. The number of aliphatic hydroxyl groups is 2. The van der Waals surface area contributed by atoms with Gasteiger partial charge >= 0.3 is 11.9 Å². The van der Waals surface area contributed by atoms with Crippen LogP contribution in [-0.4, -0.2) is 164 Å². The van der Waals surface area contributed by atoms with Gasteiger partial charge in [-0.15, -0.1) is 0 Å². The van der Waals surface area contributed by atoms with Crippen LogP contribution in [0.1, 0.15) is 86.1 Å². The number of carboxylic acid groups (broad SMARTS) is 2. The molecule has 1 aromatic rings.